The quantitative estimate of drug-likeness (QED) is 0.729. The van der Waals surface area contributed by atoms with E-state index in [1.165, 1.54) is 5.56 Å². The van der Waals surface area contributed by atoms with E-state index in [2.05, 4.69) is 35.1 Å². The fourth-order valence-corrected chi connectivity index (χ4v) is 3.42. The topological polar surface area (TPSA) is 20.2 Å². The van der Waals surface area contributed by atoms with Gasteiger partial charge in [-0.1, -0.05) is 42.5 Å². The van der Waals surface area contributed by atoms with E-state index in [-0.39, 0.29) is 22.8 Å². The van der Waals surface area contributed by atoms with Crippen molar-refractivity contribution in [3.8, 4) is 0 Å². The van der Waals surface area contributed by atoms with Crippen LogP contribution in [0.25, 0.3) is 0 Å². The zero-order chi connectivity index (χ0) is 9.80. The Morgan fingerprint density at radius 3 is 2.29 bits per heavy atom. The van der Waals surface area contributed by atoms with Gasteiger partial charge in [0, 0.05) is 5.25 Å². The first-order chi connectivity index (χ1) is 6.92. The van der Waals surface area contributed by atoms with Crippen molar-refractivity contribution in [2.75, 3.05) is 6.61 Å². The van der Waals surface area contributed by atoms with Crippen LogP contribution >= 0.6 is 10.9 Å². The van der Waals surface area contributed by atoms with Crippen molar-refractivity contribution in [2.45, 2.75) is 5.25 Å². The molecule has 0 radical (unpaired) electrons. The standard InChI is InChI=1S/C12H14OS/c13-10-12(14-8-4-5-9-14)11-6-2-1-3-7-11/h1-9,12-14H,10H2. The molecule has 14 heavy (non-hydrogen) atoms. The van der Waals surface area contributed by atoms with Crippen LogP contribution in [-0.4, -0.2) is 11.7 Å². The first-order valence-electron chi connectivity index (χ1n) is 4.70. The van der Waals surface area contributed by atoms with E-state index in [9.17, 15) is 5.11 Å². The van der Waals surface area contributed by atoms with Crippen LogP contribution in [0.2, 0.25) is 0 Å². The first kappa shape index (κ1) is 9.56. The highest BCUT2D eigenvalue weighted by Crippen LogP contribution is 2.47. The molecule has 1 unspecified atom stereocenters. The molecule has 1 heterocycles. The molecule has 2 heteroatoms. The second-order valence-corrected chi connectivity index (χ2v) is 5.35. The van der Waals surface area contributed by atoms with Crippen LogP contribution in [-0.2, 0) is 0 Å². The summed E-state index contributed by atoms with van der Waals surface area (Å²) in [4.78, 5) is 0. The summed E-state index contributed by atoms with van der Waals surface area (Å²) >= 11 is 0. The van der Waals surface area contributed by atoms with Gasteiger partial charge in [0.25, 0.3) is 0 Å². The van der Waals surface area contributed by atoms with Crippen LogP contribution in [0.1, 0.15) is 10.8 Å². The third-order valence-corrected chi connectivity index (χ3v) is 4.56. The molecular formula is C12H14OS. The van der Waals surface area contributed by atoms with Gasteiger partial charge < -0.3 is 5.11 Å². The molecule has 1 nitrogen and oxygen atoms in total. The normalized spacial score (nSPS) is 18.8. The summed E-state index contributed by atoms with van der Waals surface area (Å²) in [5, 5.41) is 14.0. The number of aliphatic hydroxyl groups excluding tert-OH is 1. The summed E-state index contributed by atoms with van der Waals surface area (Å²) in [5.74, 6) is 0. The van der Waals surface area contributed by atoms with Crippen LogP contribution in [0, 0.1) is 0 Å². The summed E-state index contributed by atoms with van der Waals surface area (Å²) in [6, 6.07) is 10.2. The Labute approximate surface area is 87.1 Å². The minimum absolute atomic E-state index is 0.227. The van der Waals surface area contributed by atoms with Crippen molar-refractivity contribution in [3.63, 3.8) is 0 Å². The van der Waals surface area contributed by atoms with Crippen molar-refractivity contribution in [1.82, 2.24) is 0 Å². The number of benzene rings is 1. The van der Waals surface area contributed by atoms with E-state index in [0.29, 0.717) is 0 Å². The van der Waals surface area contributed by atoms with Gasteiger partial charge in [-0.25, -0.2) is 10.9 Å². The Morgan fingerprint density at radius 2 is 1.71 bits per heavy atom. The molecule has 0 aromatic heterocycles. The fraction of sp³-hybridized carbons (Fsp3) is 0.167. The van der Waals surface area contributed by atoms with Gasteiger partial charge in [0.05, 0.1) is 6.61 Å². The monoisotopic (exact) mass is 206 g/mol. The van der Waals surface area contributed by atoms with E-state index < -0.39 is 0 Å². The lowest BCUT2D eigenvalue weighted by Gasteiger charge is -2.22. The summed E-state index contributed by atoms with van der Waals surface area (Å²) in [6.45, 7) is 0.227. The van der Waals surface area contributed by atoms with Gasteiger partial charge in [-0.3, -0.25) is 0 Å². The molecule has 0 fully saturated rings. The lowest BCUT2D eigenvalue weighted by Crippen LogP contribution is -2.01. The van der Waals surface area contributed by atoms with Crippen LogP contribution in [0.4, 0.5) is 0 Å². The van der Waals surface area contributed by atoms with E-state index >= 15 is 0 Å². The molecule has 1 N–H and O–H groups in total. The fourth-order valence-electron chi connectivity index (χ4n) is 1.60. The van der Waals surface area contributed by atoms with Crippen LogP contribution < -0.4 is 0 Å². The van der Waals surface area contributed by atoms with Gasteiger partial charge in [-0.15, -0.1) is 0 Å². The largest absolute Gasteiger partial charge is 0.395 e. The van der Waals surface area contributed by atoms with Gasteiger partial charge in [0.15, 0.2) is 0 Å². The molecule has 0 saturated heterocycles. The summed E-state index contributed by atoms with van der Waals surface area (Å²) < 4.78 is 0. The molecule has 1 aromatic rings. The Bertz CT molecular complexity index is 331. The molecule has 1 aliphatic heterocycles. The number of aliphatic hydroxyl groups is 1. The van der Waals surface area contributed by atoms with Crippen molar-refractivity contribution in [1.29, 1.82) is 0 Å². The molecule has 74 valence electrons. The lowest BCUT2D eigenvalue weighted by molar-refractivity contribution is 0.296. The van der Waals surface area contributed by atoms with E-state index in [4.69, 9.17) is 0 Å². The molecule has 1 aromatic carbocycles. The Balaban J connectivity index is 2.21. The van der Waals surface area contributed by atoms with E-state index in [0.717, 1.165) is 0 Å². The van der Waals surface area contributed by atoms with Gasteiger partial charge in [0.2, 0.25) is 0 Å². The van der Waals surface area contributed by atoms with Gasteiger partial charge >= 0.3 is 0 Å². The van der Waals surface area contributed by atoms with Crippen molar-refractivity contribution in [2.24, 2.45) is 0 Å². The number of thiol groups is 1. The van der Waals surface area contributed by atoms with Gasteiger partial charge in [-0.2, -0.15) is 0 Å². The Kier molecular flexibility index (Phi) is 3.07. The highest BCUT2D eigenvalue weighted by atomic mass is 32.2. The number of hydrogen-bond acceptors (Lipinski definition) is 1. The lowest BCUT2D eigenvalue weighted by atomic mass is 10.2. The predicted molar refractivity (Wildman–Crippen MR) is 63.5 cm³/mol. The SMILES string of the molecule is OCC(c1ccccc1)[SH]1C=CC=C1. The molecule has 0 amide bonds. The zero-order valence-corrected chi connectivity index (χ0v) is 8.77. The van der Waals surface area contributed by atoms with Gasteiger partial charge in [-0.05, 0) is 16.4 Å². The Morgan fingerprint density at radius 1 is 1.07 bits per heavy atom. The molecule has 0 aliphatic carbocycles. The van der Waals surface area contributed by atoms with Crippen molar-refractivity contribution >= 4 is 10.9 Å². The predicted octanol–water partition coefficient (Wildman–Crippen LogP) is 2.76. The maximum atomic E-state index is 9.39. The molecule has 1 atom stereocenters. The van der Waals surface area contributed by atoms with Crippen molar-refractivity contribution < 1.29 is 5.11 Å². The van der Waals surface area contributed by atoms with Crippen LogP contribution in [0.15, 0.2) is 53.3 Å². The number of allylic oxidation sites excluding steroid dienone is 2. The van der Waals surface area contributed by atoms with Crippen LogP contribution in [0.5, 0.6) is 0 Å². The molecule has 0 spiro atoms. The highest BCUT2D eigenvalue weighted by molar-refractivity contribution is 8.22. The summed E-state index contributed by atoms with van der Waals surface area (Å²) in [6.07, 6.45) is 4.13. The molecule has 0 saturated carbocycles. The maximum Gasteiger partial charge on any atom is 0.0580 e. The third-order valence-electron chi connectivity index (χ3n) is 2.34. The van der Waals surface area contributed by atoms with E-state index in [1.54, 1.807) is 0 Å². The summed E-state index contributed by atoms with van der Waals surface area (Å²) in [5.41, 5.74) is 1.23. The zero-order valence-electron chi connectivity index (χ0n) is 7.88. The molecule has 2 rings (SSSR count). The summed E-state index contributed by atoms with van der Waals surface area (Å²) in [7, 11) is -0.296. The minimum Gasteiger partial charge on any atom is -0.395 e. The average molecular weight is 206 g/mol. The first-order valence-corrected chi connectivity index (χ1v) is 6.25. The van der Waals surface area contributed by atoms with Crippen molar-refractivity contribution in [3.05, 3.63) is 58.9 Å². The smallest absolute Gasteiger partial charge is 0.0580 e. The van der Waals surface area contributed by atoms with Crippen LogP contribution in [0.3, 0.4) is 0 Å². The maximum absolute atomic E-state index is 9.39. The minimum atomic E-state index is -0.296. The van der Waals surface area contributed by atoms with Gasteiger partial charge in [0.1, 0.15) is 0 Å². The molecule has 0 bridgehead atoms. The number of rotatable bonds is 3. The second kappa shape index (κ2) is 4.49. The molecule has 1 aliphatic rings. The Hall–Kier alpha value is -0.990. The van der Waals surface area contributed by atoms with E-state index in [1.807, 2.05) is 18.2 Å². The number of hydrogen-bond donors (Lipinski definition) is 2. The third kappa shape index (κ3) is 1.91. The molecular weight excluding hydrogens is 192 g/mol. The highest BCUT2D eigenvalue weighted by Gasteiger charge is 2.15. The second-order valence-electron chi connectivity index (χ2n) is 3.24. The average Bonchev–Trinajstić information content (AvgIpc) is 2.74.